The Morgan fingerprint density at radius 2 is 1.73 bits per heavy atom. The number of rotatable bonds is 8. The predicted molar refractivity (Wildman–Crippen MR) is 125 cm³/mol. The third-order valence-electron chi connectivity index (χ3n) is 5.54. The van der Waals surface area contributed by atoms with Gasteiger partial charge in [0.1, 0.15) is 12.3 Å². The molecule has 0 bridgehead atoms. The number of carbonyl (C=O) groups is 3. The van der Waals surface area contributed by atoms with E-state index >= 15 is 0 Å². The van der Waals surface area contributed by atoms with E-state index in [1.165, 1.54) is 5.38 Å². The van der Waals surface area contributed by atoms with Gasteiger partial charge in [0.15, 0.2) is 5.13 Å². The van der Waals surface area contributed by atoms with Gasteiger partial charge in [0.25, 0.3) is 5.91 Å². The molecule has 1 aliphatic rings. The van der Waals surface area contributed by atoms with Gasteiger partial charge in [-0.3, -0.25) is 14.9 Å². The Labute approximate surface area is 194 Å². The fourth-order valence-electron chi connectivity index (χ4n) is 3.92. The van der Waals surface area contributed by atoms with Crippen LogP contribution in [0.3, 0.4) is 0 Å². The number of fused-ring (bicyclic) bond motifs is 3. The maximum atomic E-state index is 12.4. The first-order valence-electron chi connectivity index (χ1n) is 10.6. The van der Waals surface area contributed by atoms with E-state index in [1.54, 1.807) is 6.92 Å². The summed E-state index contributed by atoms with van der Waals surface area (Å²) in [7, 11) is 0. The Kier molecular flexibility index (Phi) is 6.69. The molecule has 0 unspecified atom stereocenters. The van der Waals surface area contributed by atoms with Crippen LogP contribution in [-0.4, -0.2) is 40.7 Å². The molecule has 1 aromatic heterocycles. The first-order valence-corrected chi connectivity index (χ1v) is 11.4. The highest BCUT2D eigenvalue weighted by Crippen LogP contribution is 2.44. The lowest BCUT2D eigenvalue weighted by atomic mass is 9.98. The van der Waals surface area contributed by atoms with E-state index in [2.05, 4.69) is 27.8 Å². The molecule has 3 N–H and O–H groups in total. The molecule has 3 aromatic rings. The summed E-state index contributed by atoms with van der Waals surface area (Å²) in [5, 5.41) is 15.8. The number of hydrogen-bond acceptors (Lipinski definition) is 6. The van der Waals surface area contributed by atoms with Crippen molar-refractivity contribution in [2.75, 3.05) is 11.9 Å². The van der Waals surface area contributed by atoms with Crippen LogP contribution in [0.4, 0.5) is 9.93 Å². The van der Waals surface area contributed by atoms with Gasteiger partial charge in [0.05, 0.1) is 6.42 Å². The fraction of sp³-hybridized carbons (Fsp3) is 0.250. The number of carboxylic acid groups (broad SMARTS) is 1. The second kappa shape index (κ2) is 9.83. The number of benzene rings is 2. The van der Waals surface area contributed by atoms with Gasteiger partial charge in [-0.25, -0.2) is 9.78 Å². The van der Waals surface area contributed by atoms with Gasteiger partial charge in [0, 0.05) is 17.3 Å². The third kappa shape index (κ3) is 5.04. The van der Waals surface area contributed by atoms with E-state index in [1.807, 2.05) is 36.4 Å². The minimum Gasteiger partial charge on any atom is -0.481 e. The Hall–Kier alpha value is -3.72. The van der Waals surface area contributed by atoms with Crippen molar-refractivity contribution in [3.8, 4) is 11.1 Å². The molecule has 0 aliphatic heterocycles. The molecule has 8 nitrogen and oxygen atoms in total. The standard InChI is InChI=1S/C24H23N3O5S/c1-2-14(11-21(28)29)25-22(30)20-13-33-23(26-20)27-24(31)32-12-19-17-9-5-3-7-15(17)16-8-4-6-10-18(16)19/h3-10,13-14,19H,2,11-12H2,1H3,(H,25,30)(H,28,29)(H,26,27,31)/t14-/m1/s1. The van der Waals surface area contributed by atoms with E-state index < -0.39 is 24.0 Å². The SMILES string of the molecule is CC[C@H](CC(=O)O)NC(=O)c1csc(NC(=O)OCC2c3ccccc3-c3ccccc32)n1. The summed E-state index contributed by atoms with van der Waals surface area (Å²) in [6, 6.07) is 15.7. The zero-order valence-electron chi connectivity index (χ0n) is 17.9. The quantitative estimate of drug-likeness (QED) is 0.451. The van der Waals surface area contributed by atoms with E-state index in [0.29, 0.717) is 6.42 Å². The summed E-state index contributed by atoms with van der Waals surface area (Å²) >= 11 is 1.09. The number of amides is 2. The molecule has 1 atom stereocenters. The molecular weight excluding hydrogens is 442 g/mol. The van der Waals surface area contributed by atoms with Crippen molar-refractivity contribution in [1.29, 1.82) is 0 Å². The second-order valence-corrected chi connectivity index (χ2v) is 8.52. The second-order valence-electron chi connectivity index (χ2n) is 7.66. The van der Waals surface area contributed by atoms with Crippen LogP contribution < -0.4 is 10.6 Å². The minimum absolute atomic E-state index is 0.0546. The first kappa shape index (κ1) is 22.5. The number of thiazole rings is 1. The van der Waals surface area contributed by atoms with Gasteiger partial charge in [-0.05, 0) is 28.7 Å². The molecule has 0 saturated carbocycles. The number of anilines is 1. The monoisotopic (exact) mass is 465 g/mol. The zero-order chi connectivity index (χ0) is 23.4. The van der Waals surface area contributed by atoms with Gasteiger partial charge in [-0.1, -0.05) is 55.5 Å². The van der Waals surface area contributed by atoms with Gasteiger partial charge in [0.2, 0.25) is 0 Å². The van der Waals surface area contributed by atoms with Crippen molar-refractivity contribution in [2.24, 2.45) is 0 Å². The molecule has 170 valence electrons. The lowest BCUT2D eigenvalue weighted by Crippen LogP contribution is -2.36. The van der Waals surface area contributed by atoms with Crippen molar-refractivity contribution in [3.05, 3.63) is 70.7 Å². The highest BCUT2D eigenvalue weighted by Gasteiger charge is 2.29. The largest absolute Gasteiger partial charge is 0.481 e. The van der Waals surface area contributed by atoms with Crippen LogP contribution in [0.25, 0.3) is 11.1 Å². The molecule has 9 heteroatoms. The fourth-order valence-corrected chi connectivity index (χ4v) is 4.60. The number of aromatic nitrogens is 1. The molecule has 0 radical (unpaired) electrons. The molecule has 2 amide bonds. The van der Waals surface area contributed by atoms with Crippen LogP contribution >= 0.6 is 11.3 Å². The summed E-state index contributed by atoms with van der Waals surface area (Å²) in [6.07, 6.45) is -0.347. The van der Waals surface area contributed by atoms with E-state index in [0.717, 1.165) is 33.6 Å². The van der Waals surface area contributed by atoms with Crippen LogP contribution in [0.1, 0.15) is 47.3 Å². The van der Waals surface area contributed by atoms with Crippen molar-refractivity contribution in [3.63, 3.8) is 0 Å². The van der Waals surface area contributed by atoms with Crippen molar-refractivity contribution >= 4 is 34.4 Å². The average Bonchev–Trinajstić information content (AvgIpc) is 3.39. The Bertz CT molecular complexity index is 1150. The molecule has 33 heavy (non-hydrogen) atoms. The van der Waals surface area contributed by atoms with E-state index in [4.69, 9.17) is 9.84 Å². The molecule has 1 heterocycles. The van der Waals surface area contributed by atoms with Gasteiger partial charge < -0.3 is 15.2 Å². The summed E-state index contributed by atoms with van der Waals surface area (Å²) in [5.41, 5.74) is 4.63. The minimum atomic E-state index is -0.988. The van der Waals surface area contributed by atoms with E-state index in [9.17, 15) is 14.4 Å². The molecule has 0 saturated heterocycles. The first-order chi connectivity index (χ1) is 16.0. The molecule has 0 fully saturated rings. The lowest BCUT2D eigenvalue weighted by molar-refractivity contribution is -0.137. The predicted octanol–water partition coefficient (Wildman–Crippen LogP) is 4.49. The van der Waals surface area contributed by atoms with Crippen molar-refractivity contribution in [1.82, 2.24) is 10.3 Å². The van der Waals surface area contributed by atoms with Gasteiger partial charge >= 0.3 is 12.1 Å². The molecule has 1 aliphatic carbocycles. The smallest absolute Gasteiger partial charge is 0.413 e. The summed E-state index contributed by atoms with van der Waals surface area (Å²) in [6.45, 7) is 1.96. The molecule has 2 aromatic carbocycles. The summed E-state index contributed by atoms with van der Waals surface area (Å²) in [5.74, 6) is -1.53. The summed E-state index contributed by atoms with van der Waals surface area (Å²) < 4.78 is 5.49. The van der Waals surface area contributed by atoms with Gasteiger partial charge in [-0.2, -0.15) is 0 Å². The number of aliphatic carboxylic acids is 1. The maximum absolute atomic E-state index is 12.4. The molecular formula is C24H23N3O5S. The number of hydrogen-bond donors (Lipinski definition) is 3. The maximum Gasteiger partial charge on any atom is 0.413 e. The van der Waals surface area contributed by atoms with Crippen molar-refractivity contribution < 1.29 is 24.2 Å². The number of nitrogens with zero attached hydrogens (tertiary/aromatic N) is 1. The van der Waals surface area contributed by atoms with Crippen LogP contribution in [0.5, 0.6) is 0 Å². The highest BCUT2D eigenvalue weighted by atomic mass is 32.1. The lowest BCUT2D eigenvalue weighted by Gasteiger charge is -2.14. The number of nitrogens with one attached hydrogen (secondary N) is 2. The number of carboxylic acids is 1. The summed E-state index contributed by atoms with van der Waals surface area (Å²) in [4.78, 5) is 39.7. The van der Waals surface area contributed by atoms with Gasteiger partial charge in [-0.15, -0.1) is 11.3 Å². The van der Waals surface area contributed by atoms with Crippen LogP contribution in [0.15, 0.2) is 53.9 Å². The highest BCUT2D eigenvalue weighted by molar-refractivity contribution is 7.14. The van der Waals surface area contributed by atoms with E-state index in [-0.39, 0.29) is 29.8 Å². The van der Waals surface area contributed by atoms with Crippen LogP contribution in [0.2, 0.25) is 0 Å². The number of carbonyl (C=O) groups excluding carboxylic acids is 2. The molecule has 4 rings (SSSR count). The Morgan fingerprint density at radius 3 is 2.33 bits per heavy atom. The molecule has 0 spiro atoms. The van der Waals surface area contributed by atoms with Crippen molar-refractivity contribution in [2.45, 2.75) is 31.7 Å². The zero-order valence-corrected chi connectivity index (χ0v) is 18.7. The Balaban J connectivity index is 1.35. The van der Waals surface area contributed by atoms with Crippen LogP contribution in [0, 0.1) is 0 Å². The Morgan fingerprint density at radius 1 is 1.09 bits per heavy atom. The number of ether oxygens (including phenoxy) is 1. The van der Waals surface area contributed by atoms with Crippen LogP contribution in [-0.2, 0) is 9.53 Å². The average molecular weight is 466 g/mol. The third-order valence-corrected chi connectivity index (χ3v) is 6.30. The topological polar surface area (TPSA) is 118 Å². The normalized spacial score (nSPS) is 13.0.